The normalized spacial score (nSPS) is 10.8. The van der Waals surface area contributed by atoms with E-state index in [-0.39, 0.29) is 29.5 Å². The first-order valence-electron chi connectivity index (χ1n) is 7.09. The predicted molar refractivity (Wildman–Crippen MR) is 85.8 cm³/mol. The molecule has 0 saturated heterocycles. The SMILES string of the molecule is CC(C)OC(=O)Cc1cnc(SCc2ccc(F)cc2)[nH]c1=O. The molecule has 0 aliphatic carbocycles. The fraction of sp³-hybridized carbons (Fsp3) is 0.312. The number of hydrogen-bond donors (Lipinski definition) is 1. The average molecular weight is 336 g/mol. The third-order valence-electron chi connectivity index (χ3n) is 2.84. The highest BCUT2D eigenvalue weighted by molar-refractivity contribution is 7.98. The van der Waals surface area contributed by atoms with E-state index in [4.69, 9.17) is 4.74 Å². The quantitative estimate of drug-likeness (QED) is 0.499. The van der Waals surface area contributed by atoms with Gasteiger partial charge in [-0.15, -0.1) is 0 Å². The fourth-order valence-corrected chi connectivity index (χ4v) is 2.58. The monoisotopic (exact) mass is 336 g/mol. The molecular formula is C16H17FN2O3S. The summed E-state index contributed by atoms with van der Waals surface area (Å²) in [5.74, 6) is -0.195. The van der Waals surface area contributed by atoms with Crippen LogP contribution in [0.5, 0.6) is 0 Å². The highest BCUT2D eigenvalue weighted by Gasteiger charge is 2.11. The number of nitrogens with zero attached hydrogens (tertiary/aromatic N) is 1. The lowest BCUT2D eigenvalue weighted by molar-refractivity contribution is -0.146. The minimum absolute atomic E-state index is 0.108. The highest BCUT2D eigenvalue weighted by Crippen LogP contribution is 2.18. The van der Waals surface area contributed by atoms with Crippen molar-refractivity contribution in [2.45, 2.75) is 37.3 Å². The summed E-state index contributed by atoms with van der Waals surface area (Å²) in [4.78, 5) is 30.3. The summed E-state index contributed by atoms with van der Waals surface area (Å²) in [6, 6.07) is 6.12. The molecule has 0 aliphatic rings. The Morgan fingerprint density at radius 3 is 2.65 bits per heavy atom. The number of aromatic amines is 1. The smallest absolute Gasteiger partial charge is 0.310 e. The van der Waals surface area contributed by atoms with Crippen LogP contribution in [0.3, 0.4) is 0 Å². The molecule has 1 heterocycles. The maximum absolute atomic E-state index is 12.8. The van der Waals surface area contributed by atoms with Crippen molar-refractivity contribution in [3.05, 3.63) is 57.8 Å². The largest absolute Gasteiger partial charge is 0.463 e. The second-order valence-electron chi connectivity index (χ2n) is 5.17. The van der Waals surface area contributed by atoms with Crippen LogP contribution in [0, 0.1) is 5.82 Å². The average Bonchev–Trinajstić information content (AvgIpc) is 2.48. The van der Waals surface area contributed by atoms with Gasteiger partial charge in [0.25, 0.3) is 5.56 Å². The van der Waals surface area contributed by atoms with Gasteiger partial charge in [-0.1, -0.05) is 23.9 Å². The molecule has 0 saturated carbocycles. The number of halogens is 1. The molecule has 1 aromatic carbocycles. The topological polar surface area (TPSA) is 72.0 Å². The van der Waals surface area contributed by atoms with Crippen LogP contribution in [0.25, 0.3) is 0 Å². The number of ether oxygens (including phenoxy) is 1. The number of carbonyl (C=O) groups is 1. The number of benzene rings is 1. The molecule has 2 aromatic rings. The van der Waals surface area contributed by atoms with Crippen molar-refractivity contribution in [2.24, 2.45) is 0 Å². The summed E-state index contributed by atoms with van der Waals surface area (Å²) in [6.45, 7) is 3.49. The molecule has 0 fully saturated rings. The van der Waals surface area contributed by atoms with Crippen molar-refractivity contribution < 1.29 is 13.9 Å². The molecule has 0 radical (unpaired) electrons. The molecule has 23 heavy (non-hydrogen) atoms. The van der Waals surface area contributed by atoms with Gasteiger partial charge in [-0.3, -0.25) is 9.59 Å². The first-order valence-corrected chi connectivity index (χ1v) is 8.07. The second-order valence-corrected chi connectivity index (χ2v) is 6.14. The zero-order valence-electron chi connectivity index (χ0n) is 12.8. The maximum Gasteiger partial charge on any atom is 0.310 e. The molecular weight excluding hydrogens is 319 g/mol. The van der Waals surface area contributed by atoms with Crippen LogP contribution in [0.2, 0.25) is 0 Å². The Morgan fingerprint density at radius 2 is 2.04 bits per heavy atom. The number of nitrogens with one attached hydrogen (secondary N) is 1. The molecule has 5 nitrogen and oxygen atoms in total. The summed E-state index contributed by atoms with van der Waals surface area (Å²) in [5, 5.41) is 0.445. The molecule has 0 unspecified atom stereocenters. The molecule has 0 amide bonds. The predicted octanol–water partition coefficient (Wildman–Crippen LogP) is 2.70. The van der Waals surface area contributed by atoms with E-state index in [9.17, 15) is 14.0 Å². The van der Waals surface area contributed by atoms with Gasteiger partial charge in [0.2, 0.25) is 0 Å². The van der Waals surface area contributed by atoms with E-state index < -0.39 is 5.97 Å². The van der Waals surface area contributed by atoms with E-state index in [2.05, 4.69) is 9.97 Å². The molecule has 0 aliphatic heterocycles. The Kier molecular flexibility index (Phi) is 5.92. The lowest BCUT2D eigenvalue weighted by Crippen LogP contribution is -2.21. The van der Waals surface area contributed by atoms with Crippen LogP contribution in [0.1, 0.15) is 25.0 Å². The van der Waals surface area contributed by atoms with Crippen molar-refractivity contribution in [1.82, 2.24) is 9.97 Å². The van der Waals surface area contributed by atoms with E-state index in [0.29, 0.717) is 10.9 Å². The van der Waals surface area contributed by atoms with Crippen LogP contribution in [0.15, 0.2) is 40.4 Å². The van der Waals surface area contributed by atoms with Crippen LogP contribution in [-0.2, 0) is 21.7 Å². The Balaban J connectivity index is 1.97. The Labute approximate surface area is 137 Å². The minimum Gasteiger partial charge on any atom is -0.463 e. The van der Waals surface area contributed by atoms with E-state index in [1.165, 1.54) is 30.1 Å². The fourth-order valence-electron chi connectivity index (χ4n) is 1.80. The Bertz CT molecular complexity index is 729. The number of thioether (sulfide) groups is 1. The zero-order valence-corrected chi connectivity index (χ0v) is 13.7. The standard InChI is InChI=1S/C16H17FN2O3S/c1-10(2)22-14(20)7-12-8-18-16(19-15(12)21)23-9-11-3-5-13(17)6-4-11/h3-6,8,10H,7,9H2,1-2H3,(H,18,19,21). The summed E-state index contributed by atoms with van der Waals surface area (Å²) in [6.07, 6.45) is 1.05. The lowest BCUT2D eigenvalue weighted by atomic mass is 10.2. The third-order valence-corrected chi connectivity index (χ3v) is 3.80. The van der Waals surface area contributed by atoms with E-state index in [0.717, 1.165) is 5.56 Å². The Morgan fingerprint density at radius 1 is 1.35 bits per heavy atom. The molecule has 122 valence electrons. The Hall–Kier alpha value is -2.15. The number of aromatic nitrogens is 2. The van der Waals surface area contributed by atoms with Crippen molar-refractivity contribution in [1.29, 1.82) is 0 Å². The number of H-pyrrole nitrogens is 1. The molecule has 1 N–H and O–H groups in total. The molecule has 1 aromatic heterocycles. The summed E-state index contributed by atoms with van der Waals surface area (Å²) in [5.41, 5.74) is 0.827. The van der Waals surface area contributed by atoms with Crippen LogP contribution < -0.4 is 5.56 Å². The molecule has 0 spiro atoms. The van der Waals surface area contributed by atoms with Crippen LogP contribution in [-0.4, -0.2) is 22.0 Å². The van der Waals surface area contributed by atoms with E-state index in [1.54, 1.807) is 26.0 Å². The van der Waals surface area contributed by atoms with Gasteiger partial charge in [0.15, 0.2) is 5.16 Å². The van der Waals surface area contributed by atoms with Gasteiger partial charge in [0.05, 0.1) is 12.5 Å². The number of esters is 1. The minimum atomic E-state index is -0.459. The number of rotatable bonds is 6. The number of hydrogen-bond acceptors (Lipinski definition) is 5. The van der Waals surface area contributed by atoms with Gasteiger partial charge in [0, 0.05) is 17.5 Å². The van der Waals surface area contributed by atoms with Crippen LogP contribution >= 0.6 is 11.8 Å². The van der Waals surface area contributed by atoms with Crippen molar-refractivity contribution in [2.75, 3.05) is 0 Å². The first kappa shape index (κ1) is 17.2. The lowest BCUT2D eigenvalue weighted by Gasteiger charge is -2.07. The van der Waals surface area contributed by atoms with Crippen molar-refractivity contribution in [3.63, 3.8) is 0 Å². The summed E-state index contributed by atoms with van der Waals surface area (Å²) < 4.78 is 17.8. The van der Waals surface area contributed by atoms with Gasteiger partial charge in [-0.05, 0) is 31.5 Å². The molecule has 2 rings (SSSR count). The van der Waals surface area contributed by atoms with Crippen LogP contribution in [0.4, 0.5) is 4.39 Å². The molecule has 0 bridgehead atoms. The molecule has 7 heteroatoms. The van der Waals surface area contributed by atoms with E-state index in [1.807, 2.05) is 0 Å². The van der Waals surface area contributed by atoms with Gasteiger partial charge in [-0.2, -0.15) is 0 Å². The second kappa shape index (κ2) is 7.92. The maximum atomic E-state index is 12.8. The van der Waals surface area contributed by atoms with Gasteiger partial charge in [-0.25, -0.2) is 9.37 Å². The van der Waals surface area contributed by atoms with Gasteiger partial charge >= 0.3 is 5.97 Å². The molecule has 0 atom stereocenters. The first-order chi connectivity index (χ1) is 10.9. The highest BCUT2D eigenvalue weighted by atomic mass is 32.2. The zero-order chi connectivity index (χ0) is 16.8. The number of carbonyl (C=O) groups excluding carboxylic acids is 1. The third kappa shape index (κ3) is 5.52. The van der Waals surface area contributed by atoms with E-state index >= 15 is 0 Å². The van der Waals surface area contributed by atoms with Gasteiger partial charge < -0.3 is 9.72 Å². The summed E-state index contributed by atoms with van der Waals surface area (Å²) >= 11 is 1.33. The van der Waals surface area contributed by atoms with Gasteiger partial charge in [0.1, 0.15) is 5.82 Å². The van der Waals surface area contributed by atoms with Crippen molar-refractivity contribution >= 4 is 17.7 Å². The summed E-state index contributed by atoms with van der Waals surface area (Å²) in [7, 11) is 0. The van der Waals surface area contributed by atoms with Crippen molar-refractivity contribution in [3.8, 4) is 0 Å².